The largest absolute Gasteiger partial charge is 0.454 e. The van der Waals surface area contributed by atoms with E-state index in [-0.39, 0.29) is 12.4 Å². The molecule has 0 atom stereocenters. The first-order valence-corrected chi connectivity index (χ1v) is 6.72. The normalized spacial score (nSPS) is 10.9. The molecule has 0 saturated heterocycles. The van der Waals surface area contributed by atoms with Crippen molar-refractivity contribution >= 4 is 5.97 Å². The molecule has 0 bridgehead atoms. The average Bonchev–Trinajstić information content (AvgIpc) is 3.24. The Bertz CT molecular complexity index is 782. The van der Waals surface area contributed by atoms with Gasteiger partial charge in [-0.1, -0.05) is 0 Å². The maximum atomic E-state index is 12.7. The van der Waals surface area contributed by atoms with Crippen molar-refractivity contribution in [3.05, 3.63) is 66.5 Å². The molecule has 0 amide bonds. The van der Waals surface area contributed by atoms with Gasteiger partial charge in [-0.25, -0.2) is 14.5 Å². The molecule has 3 rings (SSSR count). The highest BCUT2D eigenvalue weighted by Gasteiger charge is 2.14. The van der Waals surface area contributed by atoms with Gasteiger partial charge < -0.3 is 4.74 Å². The van der Waals surface area contributed by atoms with E-state index in [4.69, 9.17) is 4.74 Å². The zero-order valence-electron chi connectivity index (χ0n) is 11.8. The van der Waals surface area contributed by atoms with Crippen LogP contribution in [-0.4, -0.2) is 25.3 Å². The van der Waals surface area contributed by atoms with Crippen LogP contribution in [0.5, 0.6) is 0 Å². The number of ether oxygens (including phenoxy) is 1. The lowest BCUT2D eigenvalue weighted by atomic mass is 10.2. The van der Waals surface area contributed by atoms with Crippen molar-refractivity contribution in [2.45, 2.75) is 13.2 Å². The van der Waals surface area contributed by atoms with Gasteiger partial charge >= 0.3 is 12.5 Å². The lowest BCUT2D eigenvalue weighted by Gasteiger charge is -2.08. The van der Waals surface area contributed by atoms with Crippen molar-refractivity contribution in [1.29, 1.82) is 0 Å². The maximum Gasteiger partial charge on any atom is 0.338 e. The van der Waals surface area contributed by atoms with E-state index < -0.39 is 12.5 Å². The molecule has 0 radical (unpaired) electrons. The summed E-state index contributed by atoms with van der Waals surface area (Å²) in [5.74, 6) is -0.623. The van der Waals surface area contributed by atoms with Crippen LogP contribution in [0.15, 0.2) is 55.1 Å². The van der Waals surface area contributed by atoms with Gasteiger partial charge in [-0.3, -0.25) is 4.57 Å². The van der Waals surface area contributed by atoms with E-state index in [0.29, 0.717) is 10.1 Å². The molecule has 8 heteroatoms. The summed E-state index contributed by atoms with van der Waals surface area (Å²) >= 11 is 0. The summed E-state index contributed by atoms with van der Waals surface area (Å²) in [6.45, 7) is -3.04. The Labute approximate surface area is 129 Å². The molecular formula is C15H12F2N4O2. The predicted octanol–water partition coefficient (Wildman–Crippen LogP) is 2.82. The van der Waals surface area contributed by atoms with Crippen LogP contribution in [0.1, 0.15) is 22.7 Å². The second kappa shape index (κ2) is 6.39. The minimum Gasteiger partial charge on any atom is -0.454 e. The average molecular weight is 318 g/mol. The zero-order chi connectivity index (χ0) is 16.2. The Morgan fingerprint density at radius 2 is 1.96 bits per heavy atom. The van der Waals surface area contributed by atoms with Crippen LogP contribution in [0.3, 0.4) is 0 Å². The smallest absolute Gasteiger partial charge is 0.338 e. The predicted molar refractivity (Wildman–Crippen MR) is 76.2 cm³/mol. The first-order valence-electron chi connectivity index (χ1n) is 6.72. The number of halogens is 2. The van der Waals surface area contributed by atoms with Crippen LogP contribution >= 0.6 is 0 Å². The molecule has 0 aliphatic carbocycles. The van der Waals surface area contributed by atoms with Gasteiger partial charge in [-0.15, -0.1) is 0 Å². The number of alkyl halides is 2. The molecule has 0 N–H and O–H groups in total. The van der Waals surface area contributed by atoms with Crippen LogP contribution in [0.4, 0.5) is 8.78 Å². The van der Waals surface area contributed by atoms with E-state index in [1.807, 2.05) is 0 Å². The van der Waals surface area contributed by atoms with E-state index in [0.717, 1.165) is 11.9 Å². The molecule has 0 fully saturated rings. The van der Waals surface area contributed by atoms with Crippen molar-refractivity contribution in [1.82, 2.24) is 19.3 Å². The number of carbonyl (C=O) groups excluding carboxylic acids is 1. The summed E-state index contributed by atoms with van der Waals surface area (Å²) in [7, 11) is 0. The van der Waals surface area contributed by atoms with Crippen molar-refractivity contribution in [3.63, 3.8) is 0 Å². The fourth-order valence-corrected chi connectivity index (χ4v) is 2.02. The summed E-state index contributed by atoms with van der Waals surface area (Å²) in [6.07, 6.45) is 5.78. The summed E-state index contributed by atoms with van der Waals surface area (Å²) < 4.78 is 32.6. The molecule has 3 aromatic rings. The summed E-state index contributed by atoms with van der Waals surface area (Å²) in [6, 6.07) is 8.37. The molecular weight excluding hydrogens is 306 g/mol. The van der Waals surface area contributed by atoms with Crippen LogP contribution in [0.2, 0.25) is 0 Å². The standard InChI is InChI=1S/C15H12F2N4O2/c16-15(17)20-9-7-18-13(20)10-23-14(22)11-2-4-12(5-3-11)21-8-1-6-19-21/h1-9,15H,10H2. The highest BCUT2D eigenvalue weighted by Crippen LogP contribution is 2.14. The van der Waals surface area contributed by atoms with Gasteiger partial charge in [0.1, 0.15) is 6.61 Å². The Kier molecular flexibility index (Phi) is 4.13. The molecule has 118 valence electrons. The molecule has 6 nitrogen and oxygen atoms in total. The molecule has 2 heterocycles. The van der Waals surface area contributed by atoms with E-state index in [2.05, 4.69) is 10.1 Å². The number of rotatable bonds is 5. The number of carbonyl (C=O) groups is 1. The minimum atomic E-state index is -2.72. The number of hydrogen-bond donors (Lipinski definition) is 0. The Balaban J connectivity index is 1.65. The molecule has 1 aromatic carbocycles. The number of nitrogens with zero attached hydrogens (tertiary/aromatic N) is 4. The van der Waals surface area contributed by atoms with Crippen molar-refractivity contribution in [3.8, 4) is 5.69 Å². The third kappa shape index (κ3) is 3.25. The third-order valence-electron chi connectivity index (χ3n) is 3.16. The first kappa shape index (κ1) is 14.9. The SMILES string of the molecule is O=C(OCc1nccn1C(F)F)c1ccc(-n2cccn2)cc1. The molecule has 2 aromatic heterocycles. The van der Waals surface area contributed by atoms with Gasteiger partial charge in [-0.2, -0.15) is 13.9 Å². The fraction of sp³-hybridized carbons (Fsp3) is 0.133. The zero-order valence-corrected chi connectivity index (χ0v) is 11.8. The number of hydrogen-bond acceptors (Lipinski definition) is 4. The third-order valence-corrected chi connectivity index (χ3v) is 3.16. The summed E-state index contributed by atoms with van der Waals surface area (Å²) in [5.41, 5.74) is 1.11. The molecule has 0 saturated carbocycles. The minimum absolute atomic E-state index is 0.0125. The molecule has 0 spiro atoms. The van der Waals surface area contributed by atoms with E-state index in [1.54, 1.807) is 47.4 Å². The second-order valence-electron chi connectivity index (χ2n) is 4.60. The van der Waals surface area contributed by atoms with Gasteiger partial charge in [0.15, 0.2) is 5.82 Å². The van der Waals surface area contributed by atoms with Crippen molar-refractivity contribution in [2.24, 2.45) is 0 Å². The molecule has 0 unspecified atom stereocenters. The molecule has 0 aliphatic heterocycles. The highest BCUT2D eigenvalue weighted by atomic mass is 19.3. The molecule has 0 aliphatic rings. The van der Waals surface area contributed by atoms with Crippen LogP contribution < -0.4 is 0 Å². The lowest BCUT2D eigenvalue weighted by Crippen LogP contribution is -2.10. The van der Waals surface area contributed by atoms with Crippen molar-refractivity contribution < 1.29 is 18.3 Å². The Hall–Kier alpha value is -3.03. The van der Waals surface area contributed by atoms with Gasteiger partial charge in [0.05, 0.1) is 11.3 Å². The van der Waals surface area contributed by atoms with Gasteiger partial charge in [-0.05, 0) is 30.3 Å². The topological polar surface area (TPSA) is 61.9 Å². The van der Waals surface area contributed by atoms with Crippen molar-refractivity contribution in [2.75, 3.05) is 0 Å². The van der Waals surface area contributed by atoms with Gasteiger partial charge in [0, 0.05) is 24.8 Å². The van der Waals surface area contributed by atoms with Crippen LogP contribution in [0.25, 0.3) is 5.69 Å². The van der Waals surface area contributed by atoms with Crippen LogP contribution in [-0.2, 0) is 11.3 Å². The number of imidazole rings is 1. The summed E-state index contributed by atoms with van der Waals surface area (Å²) in [5, 5.41) is 4.08. The highest BCUT2D eigenvalue weighted by molar-refractivity contribution is 5.89. The fourth-order valence-electron chi connectivity index (χ4n) is 2.02. The molecule has 23 heavy (non-hydrogen) atoms. The van der Waals surface area contributed by atoms with E-state index >= 15 is 0 Å². The first-order chi connectivity index (χ1) is 11.1. The Morgan fingerprint density at radius 3 is 2.61 bits per heavy atom. The van der Waals surface area contributed by atoms with Gasteiger partial charge in [0.2, 0.25) is 0 Å². The monoisotopic (exact) mass is 318 g/mol. The lowest BCUT2D eigenvalue weighted by molar-refractivity contribution is 0.0376. The number of aromatic nitrogens is 4. The number of benzene rings is 1. The Morgan fingerprint density at radius 1 is 1.17 bits per heavy atom. The summed E-state index contributed by atoms with van der Waals surface area (Å²) in [4.78, 5) is 15.7. The maximum absolute atomic E-state index is 12.7. The number of esters is 1. The van der Waals surface area contributed by atoms with Gasteiger partial charge in [0.25, 0.3) is 0 Å². The van der Waals surface area contributed by atoms with E-state index in [9.17, 15) is 13.6 Å². The van der Waals surface area contributed by atoms with Crippen LogP contribution in [0, 0.1) is 0 Å². The second-order valence-corrected chi connectivity index (χ2v) is 4.60. The quantitative estimate of drug-likeness (QED) is 0.679. The van der Waals surface area contributed by atoms with E-state index in [1.165, 1.54) is 6.20 Å².